The number of hydrogen-bond acceptors (Lipinski definition) is 4. The highest BCUT2D eigenvalue weighted by Gasteiger charge is 2.04. The van der Waals surface area contributed by atoms with Gasteiger partial charge in [-0.1, -0.05) is 0 Å². The van der Waals surface area contributed by atoms with Gasteiger partial charge in [0.25, 0.3) is 5.56 Å². The topological polar surface area (TPSA) is 81.1 Å². The van der Waals surface area contributed by atoms with Gasteiger partial charge in [-0.25, -0.2) is 0 Å². The summed E-state index contributed by atoms with van der Waals surface area (Å²) in [5.41, 5.74) is 7.29. The molecule has 0 atom stereocenters. The van der Waals surface area contributed by atoms with Crippen molar-refractivity contribution in [3.63, 3.8) is 0 Å². The fraction of sp³-hybridized carbons (Fsp3) is 0.0667. The minimum absolute atomic E-state index is 0.153. The normalized spacial score (nSPS) is 11.2. The Morgan fingerprint density at radius 2 is 1.95 bits per heavy atom. The van der Waals surface area contributed by atoms with Crippen LogP contribution in [0.15, 0.2) is 53.6 Å². The first-order valence-corrected chi connectivity index (χ1v) is 5.99. The van der Waals surface area contributed by atoms with E-state index in [1.165, 1.54) is 16.8 Å². The van der Waals surface area contributed by atoms with E-state index in [1.54, 1.807) is 43.6 Å². The molecule has 1 aromatic carbocycles. The van der Waals surface area contributed by atoms with Crippen LogP contribution >= 0.6 is 0 Å². The Balaban J connectivity index is 2.52. The predicted molar refractivity (Wildman–Crippen MR) is 79.5 cm³/mol. The van der Waals surface area contributed by atoms with E-state index >= 15 is 0 Å². The SMILES string of the molecule is COc1ccc(-n2cc(/C(C=N)=C/N)ccc2=O)cc1. The predicted octanol–water partition coefficient (Wildman–Crippen LogP) is 1.80. The maximum absolute atomic E-state index is 11.9. The van der Waals surface area contributed by atoms with Crippen molar-refractivity contribution in [3.8, 4) is 11.4 Å². The summed E-state index contributed by atoms with van der Waals surface area (Å²) in [6.45, 7) is 0. The second kappa shape index (κ2) is 5.88. The van der Waals surface area contributed by atoms with E-state index in [9.17, 15) is 4.79 Å². The van der Waals surface area contributed by atoms with E-state index in [4.69, 9.17) is 15.9 Å². The van der Waals surface area contributed by atoms with Gasteiger partial charge in [0.1, 0.15) is 5.75 Å². The molecule has 1 aromatic heterocycles. The van der Waals surface area contributed by atoms with Gasteiger partial charge in [0.15, 0.2) is 0 Å². The molecule has 0 radical (unpaired) electrons. The average Bonchev–Trinajstić information content (AvgIpc) is 2.50. The lowest BCUT2D eigenvalue weighted by Crippen LogP contribution is -2.17. The van der Waals surface area contributed by atoms with Gasteiger partial charge in [0.2, 0.25) is 0 Å². The molecule has 0 spiro atoms. The highest BCUT2D eigenvalue weighted by atomic mass is 16.5. The summed E-state index contributed by atoms with van der Waals surface area (Å²) in [5.74, 6) is 0.722. The summed E-state index contributed by atoms with van der Waals surface area (Å²) in [5, 5.41) is 7.30. The second-order valence-corrected chi connectivity index (χ2v) is 4.09. The molecule has 0 amide bonds. The second-order valence-electron chi connectivity index (χ2n) is 4.09. The highest BCUT2D eigenvalue weighted by molar-refractivity contribution is 6.07. The first kappa shape index (κ1) is 13.6. The largest absolute Gasteiger partial charge is 0.497 e. The molecule has 0 saturated heterocycles. The number of hydrogen-bond donors (Lipinski definition) is 2. The summed E-state index contributed by atoms with van der Waals surface area (Å²) in [7, 11) is 1.59. The number of nitrogens with zero attached hydrogens (tertiary/aromatic N) is 1. The molecule has 0 aliphatic carbocycles. The minimum atomic E-state index is -0.153. The van der Waals surface area contributed by atoms with E-state index in [1.807, 2.05) is 0 Å². The highest BCUT2D eigenvalue weighted by Crippen LogP contribution is 2.15. The van der Waals surface area contributed by atoms with Crippen LogP contribution in [-0.2, 0) is 0 Å². The van der Waals surface area contributed by atoms with Crippen LogP contribution in [0.4, 0.5) is 0 Å². The Bertz CT molecular complexity index is 700. The maximum Gasteiger partial charge on any atom is 0.255 e. The van der Waals surface area contributed by atoms with E-state index in [2.05, 4.69) is 0 Å². The van der Waals surface area contributed by atoms with Gasteiger partial charge < -0.3 is 15.9 Å². The molecular weight excluding hydrogens is 254 g/mol. The van der Waals surface area contributed by atoms with Crippen molar-refractivity contribution in [1.29, 1.82) is 5.41 Å². The Labute approximate surface area is 116 Å². The summed E-state index contributed by atoms with van der Waals surface area (Å²) >= 11 is 0. The lowest BCUT2D eigenvalue weighted by molar-refractivity contribution is 0.414. The van der Waals surface area contributed by atoms with E-state index < -0.39 is 0 Å². The number of nitrogens with one attached hydrogen (secondary N) is 1. The molecule has 2 rings (SSSR count). The van der Waals surface area contributed by atoms with Crippen molar-refractivity contribution in [2.75, 3.05) is 7.11 Å². The van der Waals surface area contributed by atoms with Crippen LogP contribution in [0, 0.1) is 5.41 Å². The minimum Gasteiger partial charge on any atom is -0.497 e. The van der Waals surface area contributed by atoms with E-state index in [-0.39, 0.29) is 5.56 Å². The zero-order valence-electron chi connectivity index (χ0n) is 11.0. The first-order chi connectivity index (χ1) is 9.69. The van der Waals surface area contributed by atoms with Crippen molar-refractivity contribution in [2.45, 2.75) is 0 Å². The van der Waals surface area contributed by atoms with Crippen LogP contribution < -0.4 is 16.0 Å². The van der Waals surface area contributed by atoms with Gasteiger partial charge in [0, 0.05) is 41.5 Å². The van der Waals surface area contributed by atoms with Crippen LogP contribution in [0.3, 0.4) is 0 Å². The van der Waals surface area contributed by atoms with E-state index in [0.29, 0.717) is 11.1 Å². The molecule has 5 heteroatoms. The van der Waals surface area contributed by atoms with Crippen molar-refractivity contribution < 1.29 is 4.74 Å². The first-order valence-electron chi connectivity index (χ1n) is 5.99. The molecule has 0 unspecified atom stereocenters. The molecule has 0 saturated carbocycles. The van der Waals surface area contributed by atoms with Crippen LogP contribution in [0.5, 0.6) is 5.75 Å². The summed E-state index contributed by atoms with van der Waals surface area (Å²) in [6.07, 6.45) is 4.15. The Hall–Kier alpha value is -2.82. The quantitative estimate of drug-likeness (QED) is 0.830. The number of allylic oxidation sites excluding steroid dienone is 1. The lowest BCUT2D eigenvalue weighted by atomic mass is 10.1. The number of nitrogens with two attached hydrogens (primary N) is 1. The van der Waals surface area contributed by atoms with Gasteiger partial charge in [-0.05, 0) is 30.3 Å². The summed E-state index contributed by atoms with van der Waals surface area (Å²) < 4.78 is 6.59. The molecule has 20 heavy (non-hydrogen) atoms. The number of ether oxygens (including phenoxy) is 1. The zero-order valence-corrected chi connectivity index (χ0v) is 11.0. The van der Waals surface area contributed by atoms with Crippen molar-refractivity contribution in [1.82, 2.24) is 4.57 Å². The van der Waals surface area contributed by atoms with Crippen molar-refractivity contribution in [3.05, 3.63) is 64.7 Å². The molecule has 0 aliphatic heterocycles. The monoisotopic (exact) mass is 269 g/mol. The molecule has 5 nitrogen and oxygen atoms in total. The van der Waals surface area contributed by atoms with Gasteiger partial charge in [-0.2, -0.15) is 0 Å². The fourth-order valence-electron chi connectivity index (χ4n) is 1.83. The third-order valence-corrected chi connectivity index (χ3v) is 2.93. The number of aromatic nitrogens is 1. The summed E-state index contributed by atoms with van der Waals surface area (Å²) in [6, 6.07) is 10.2. The number of methoxy groups -OCH3 is 1. The van der Waals surface area contributed by atoms with Crippen LogP contribution in [0.25, 0.3) is 11.3 Å². The van der Waals surface area contributed by atoms with Gasteiger partial charge in [-0.15, -0.1) is 0 Å². The Morgan fingerprint density at radius 1 is 1.25 bits per heavy atom. The Kier molecular flexibility index (Phi) is 4.00. The number of benzene rings is 1. The molecule has 102 valence electrons. The molecule has 0 aliphatic rings. The number of pyridine rings is 1. The van der Waals surface area contributed by atoms with Gasteiger partial charge in [0.05, 0.1) is 7.11 Å². The third kappa shape index (κ3) is 2.61. The fourth-order valence-corrected chi connectivity index (χ4v) is 1.83. The molecule has 3 N–H and O–H groups in total. The van der Waals surface area contributed by atoms with Crippen molar-refractivity contribution >= 4 is 11.8 Å². The molecule has 2 aromatic rings. The van der Waals surface area contributed by atoms with Gasteiger partial charge >= 0.3 is 0 Å². The van der Waals surface area contributed by atoms with Crippen LogP contribution in [0.2, 0.25) is 0 Å². The molecule has 0 fully saturated rings. The standard InChI is InChI=1S/C15H15N3O2/c1-20-14-5-3-13(4-6-14)18-10-11(2-7-15(18)19)12(8-16)9-17/h2-10,16H,17H2,1H3/b12-9+,16-8?. The Morgan fingerprint density at radius 3 is 2.50 bits per heavy atom. The van der Waals surface area contributed by atoms with Crippen LogP contribution in [-0.4, -0.2) is 17.9 Å². The lowest BCUT2D eigenvalue weighted by Gasteiger charge is -2.09. The van der Waals surface area contributed by atoms with Gasteiger partial charge in [-0.3, -0.25) is 9.36 Å². The zero-order chi connectivity index (χ0) is 14.5. The molecule has 0 bridgehead atoms. The van der Waals surface area contributed by atoms with Crippen molar-refractivity contribution in [2.24, 2.45) is 5.73 Å². The summed E-state index contributed by atoms with van der Waals surface area (Å²) in [4.78, 5) is 11.9. The van der Waals surface area contributed by atoms with E-state index in [0.717, 1.165) is 17.7 Å². The molecular formula is C15H15N3O2. The molecule has 1 heterocycles. The average molecular weight is 269 g/mol. The third-order valence-electron chi connectivity index (χ3n) is 2.93. The number of rotatable bonds is 4. The smallest absolute Gasteiger partial charge is 0.255 e. The van der Waals surface area contributed by atoms with Crippen LogP contribution in [0.1, 0.15) is 5.56 Å². The maximum atomic E-state index is 11.9.